The maximum absolute atomic E-state index is 10.8. The highest BCUT2D eigenvalue weighted by molar-refractivity contribution is 5.65. The van der Waals surface area contributed by atoms with E-state index in [4.69, 9.17) is 9.57 Å². The zero-order valence-corrected chi connectivity index (χ0v) is 8.30. The van der Waals surface area contributed by atoms with E-state index < -0.39 is 11.7 Å². The fourth-order valence-electron chi connectivity index (χ4n) is 0.433. The molecule has 0 aliphatic rings. The summed E-state index contributed by atoms with van der Waals surface area (Å²) in [5.74, 6) is 0. The third-order valence-corrected chi connectivity index (χ3v) is 0.783. The normalized spacial score (nSPS) is 11.5. The lowest BCUT2D eigenvalue weighted by Crippen LogP contribution is -2.34. The lowest BCUT2D eigenvalue weighted by atomic mass is 10.2. The molecule has 0 radical (unpaired) electrons. The number of hydrogen-bond donors (Lipinski definition) is 1. The van der Waals surface area contributed by atoms with Crippen LogP contribution in [0.4, 0.5) is 4.79 Å². The van der Waals surface area contributed by atoms with Crippen LogP contribution in [0.25, 0.3) is 0 Å². The van der Waals surface area contributed by atoms with Crippen LogP contribution >= 0.6 is 0 Å². The smallest absolute Gasteiger partial charge is 0.431 e. The van der Waals surface area contributed by atoms with E-state index in [0.29, 0.717) is 0 Å². The number of ether oxygens (including phenoxy) is 1. The first-order valence-corrected chi connectivity index (χ1v) is 3.96. The monoisotopic (exact) mass is 175 g/mol. The van der Waals surface area contributed by atoms with Gasteiger partial charge in [-0.3, -0.25) is 4.84 Å². The Morgan fingerprint density at radius 1 is 1.33 bits per heavy atom. The van der Waals surface area contributed by atoms with Gasteiger partial charge in [-0.25, -0.2) is 4.79 Å². The van der Waals surface area contributed by atoms with Crippen molar-refractivity contribution >= 4 is 6.09 Å². The molecule has 0 saturated carbocycles. The maximum Gasteiger partial charge on any atom is 0.431 e. The van der Waals surface area contributed by atoms with Crippen LogP contribution in [0.3, 0.4) is 0 Å². The lowest BCUT2D eigenvalue weighted by Gasteiger charge is -2.19. The van der Waals surface area contributed by atoms with Crippen LogP contribution in [0.1, 0.15) is 34.6 Å². The first kappa shape index (κ1) is 11.2. The predicted molar refractivity (Wildman–Crippen MR) is 45.6 cm³/mol. The number of carbonyl (C=O) groups is 1. The van der Waals surface area contributed by atoms with Gasteiger partial charge in [0.1, 0.15) is 0 Å². The van der Waals surface area contributed by atoms with Crippen LogP contribution in [0.15, 0.2) is 0 Å². The molecule has 0 rings (SSSR count). The van der Waals surface area contributed by atoms with Gasteiger partial charge in [0, 0.05) is 0 Å². The Balaban J connectivity index is 3.58. The van der Waals surface area contributed by atoms with Crippen molar-refractivity contribution in [2.45, 2.75) is 46.3 Å². The minimum absolute atomic E-state index is 0.131. The predicted octanol–water partition coefficient (Wildman–Crippen LogP) is 1.85. The standard InChI is InChI=1S/C8H17NO3/c1-6(2)11-7(10)9-12-8(3,4)5/h6H,1-5H3,(H,9,10). The molecular formula is C8H17NO3. The highest BCUT2D eigenvalue weighted by atomic mass is 16.7. The molecule has 4 heteroatoms. The van der Waals surface area contributed by atoms with Gasteiger partial charge in [-0.05, 0) is 34.6 Å². The van der Waals surface area contributed by atoms with Crippen molar-refractivity contribution in [2.24, 2.45) is 0 Å². The second-order valence-electron chi connectivity index (χ2n) is 3.77. The summed E-state index contributed by atoms with van der Waals surface area (Å²) < 4.78 is 4.77. The molecule has 0 aromatic heterocycles. The van der Waals surface area contributed by atoms with Crippen molar-refractivity contribution in [1.29, 1.82) is 0 Å². The van der Waals surface area contributed by atoms with Crippen molar-refractivity contribution in [1.82, 2.24) is 5.48 Å². The molecule has 0 aromatic carbocycles. The number of hydroxylamine groups is 1. The Morgan fingerprint density at radius 2 is 1.83 bits per heavy atom. The van der Waals surface area contributed by atoms with Crippen molar-refractivity contribution in [2.75, 3.05) is 0 Å². The van der Waals surface area contributed by atoms with E-state index in [2.05, 4.69) is 5.48 Å². The first-order chi connectivity index (χ1) is 5.31. The average molecular weight is 175 g/mol. The molecular weight excluding hydrogens is 158 g/mol. The minimum Gasteiger partial charge on any atom is -0.445 e. The van der Waals surface area contributed by atoms with Gasteiger partial charge in [-0.1, -0.05) is 0 Å². The van der Waals surface area contributed by atoms with Crippen LogP contribution < -0.4 is 5.48 Å². The number of carbonyl (C=O) groups excluding carboxylic acids is 1. The Morgan fingerprint density at radius 3 is 2.17 bits per heavy atom. The summed E-state index contributed by atoms with van der Waals surface area (Å²) in [6, 6.07) is 0. The Kier molecular flexibility index (Phi) is 4.03. The molecule has 12 heavy (non-hydrogen) atoms. The lowest BCUT2D eigenvalue weighted by molar-refractivity contribution is -0.0694. The highest BCUT2D eigenvalue weighted by Gasteiger charge is 2.13. The van der Waals surface area contributed by atoms with Gasteiger partial charge >= 0.3 is 6.09 Å². The average Bonchev–Trinajstić information content (AvgIpc) is 1.80. The number of hydrogen-bond acceptors (Lipinski definition) is 3. The van der Waals surface area contributed by atoms with Gasteiger partial charge in [-0.15, -0.1) is 0 Å². The zero-order chi connectivity index (χ0) is 9.78. The maximum atomic E-state index is 10.8. The molecule has 0 atom stereocenters. The summed E-state index contributed by atoms with van der Waals surface area (Å²) in [5, 5.41) is 0. The van der Waals surface area contributed by atoms with E-state index in [1.54, 1.807) is 13.8 Å². The highest BCUT2D eigenvalue weighted by Crippen LogP contribution is 2.03. The summed E-state index contributed by atoms with van der Waals surface area (Å²) in [4.78, 5) is 15.8. The third kappa shape index (κ3) is 7.34. The zero-order valence-electron chi connectivity index (χ0n) is 8.30. The number of nitrogens with one attached hydrogen (secondary N) is 1. The van der Waals surface area contributed by atoms with E-state index in [1.165, 1.54) is 0 Å². The largest absolute Gasteiger partial charge is 0.445 e. The molecule has 0 aliphatic heterocycles. The molecule has 0 aliphatic carbocycles. The topological polar surface area (TPSA) is 47.6 Å². The van der Waals surface area contributed by atoms with Crippen molar-refractivity contribution < 1.29 is 14.4 Å². The Labute approximate surface area is 73.2 Å². The van der Waals surface area contributed by atoms with Gasteiger partial charge in [0.25, 0.3) is 0 Å². The fraction of sp³-hybridized carbons (Fsp3) is 0.875. The van der Waals surface area contributed by atoms with Gasteiger partial charge in [-0.2, -0.15) is 5.48 Å². The van der Waals surface area contributed by atoms with Gasteiger partial charge < -0.3 is 4.74 Å². The Hall–Kier alpha value is -0.770. The van der Waals surface area contributed by atoms with Crippen molar-refractivity contribution in [3.05, 3.63) is 0 Å². The first-order valence-electron chi connectivity index (χ1n) is 3.96. The summed E-state index contributed by atoms with van der Waals surface area (Å²) in [5.41, 5.74) is 1.80. The fourth-order valence-corrected chi connectivity index (χ4v) is 0.433. The number of rotatable bonds is 2. The van der Waals surface area contributed by atoms with E-state index in [-0.39, 0.29) is 6.10 Å². The molecule has 0 saturated heterocycles. The van der Waals surface area contributed by atoms with E-state index in [0.717, 1.165) is 0 Å². The molecule has 0 bridgehead atoms. The number of amides is 1. The molecule has 72 valence electrons. The van der Waals surface area contributed by atoms with Gasteiger partial charge in [0.05, 0.1) is 11.7 Å². The van der Waals surface area contributed by atoms with Crippen LogP contribution in [-0.2, 0) is 9.57 Å². The van der Waals surface area contributed by atoms with Gasteiger partial charge in [0.2, 0.25) is 0 Å². The Bertz CT molecular complexity index is 149. The summed E-state index contributed by atoms with van der Waals surface area (Å²) in [7, 11) is 0. The van der Waals surface area contributed by atoms with Crippen molar-refractivity contribution in [3.8, 4) is 0 Å². The van der Waals surface area contributed by atoms with E-state index in [9.17, 15) is 4.79 Å². The SMILES string of the molecule is CC(C)OC(=O)NOC(C)(C)C. The molecule has 4 nitrogen and oxygen atoms in total. The van der Waals surface area contributed by atoms with Crippen LogP contribution in [0.5, 0.6) is 0 Å². The minimum atomic E-state index is -0.556. The van der Waals surface area contributed by atoms with E-state index >= 15 is 0 Å². The second kappa shape index (κ2) is 4.30. The molecule has 0 spiro atoms. The summed E-state index contributed by atoms with van der Waals surface area (Å²) in [6.45, 7) is 9.06. The molecule has 1 N–H and O–H groups in total. The molecule has 1 amide bonds. The quantitative estimate of drug-likeness (QED) is 0.651. The van der Waals surface area contributed by atoms with Crippen LogP contribution in [0, 0.1) is 0 Å². The van der Waals surface area contributed by atoms with Gasteiger partial charge in [0.15, 0.2) is 0 Å². The molecule has 0 aromatic rings. The third-order valence-electron chi connectivity index (χ3n) is 0.783. The molecule has 0 unspecified atom stereocenters. The van der Waals surface area contributed by atoms with Crippen LogP contribution in [-0.4, -0.2) is 17.8 Å². The summed E-state index contributed by atoms with van der Waals surface area (Å²) in [6.07, 6.45) is -0.687. The van der Waals surface area contributed by atoms with Crippen LogP contribution in [0.2, 0.25) is 0 Å². The summed E-state index contributed by atoms with van der Waals surface area (Å²) >= 11 is 0. The molecule has 0 heterocycles. The molecule has 0 fully saturated rings. The second-order valence-corrected chi connectivity index (χ2v) is 3.77. The van der Waals surface area contributed by atoms with Crippen molar-refractivity contribution in [3.63, 3.8) is 0 Å². The van der Waals surface area contributed by atoms with E-state index in [1.807, 2.05) is 20.8 Å².